The van der Waals surface area contributed by atoms with Gasteiger partial charge in [0.05, 0.1) is 10.6 Å². The summed E-state index contributed by atoms with van der Waals surface area (Å²) in [4.78, 5) is 9.76. The van der Waals surface area contributed by atoms with E-state index < -0.39 is 0 Å². The zero-order chi connectivity index (χ0) is 11.7. The predicted octanol–water partition coefficient (Wildman–Crippen LogP) is 3.48. The molecule has 0 aromatic carbocycles. The fourth-order valence-corrected chi connectivity index (χ4v) is 3.14. The van der Waals surface area contributed by atoms with Crippen LogP contribution >= 0.6 is 34.3 Å². The molecule has 0 saturated heterocycles. The van der Waals surface area contributed by atoms with E-state index in [0.29, 0.717) is 5.29 Å². The van der Waals surface area contributed by atoms with Crippen molar-refractivity contribution in [2.75, 3.05) is 0 Å². The Bertz CT molecular complexity index is 558. The third-order valence-electron chi connectivity index (χ3n) is 2.31. The van der Waals surface area contributed by atoms with E-state index in [1.54, 1.807) is 28.9 Å². The van der Waals surface area contributed by atoms with Gasteiger partial charge in [-0.2, -0.15) is 0 Å². The number of hydrogen-bond acceptors (Lipinski definition) is 5. The van der Waals surface area contributed by atoms with Crippen molar-refractivity contribution in [2.24, 2.45) is 4.99 Å². The molecule has 0 radical (unpaired) electrons. The Labute approximate surface area is 112 Å². The standard InChI is InChI=1S/C11H8ClN3S2/c12-11-14-7(9-2-1-4-16-9)6-8(15-11)10-13-3-5-17-10/h1-6,8H,(H,14,15). The fourth-order valence-electron chi connectivity index (χ4n) is 1.58. The van der Waals surface area contributed by atoms with Crippen molar-refractivity contribution in [2.45, 2.75) is 6.04 Å². The van der Waals surface area contributed by atoms with E-state index in [9.17, 15) is 0 Å². The fraction of sp³-hybridized carbons (Fsp3) is 0.0909. The lowest BCUT2D eigenvalue weighted by Crippen LogP contribution is -2.21. The molecular weight excluding hydrogens is 274 g/mol. The molecule has 0 bridgehead atoms. The zero-order valence-corrected chi connectivity index (χ0v) is 11.0. The van der Waals surface area contributed by atoms with Crippen molar-refractivity contribution in [1.82, 2.24) is 10.3 Å². The second-order valence-electron chi connectivity index (χ2n) is 3.42. The highest BCUT2D eigenvalue weighted by Gasteiger charge is 2.18. The van der Waals surface area contributed by atoms with Crippen molar-refractivity contribution >= 4 is 45.3 Å². The van der Waals surface area contributed by atoms with E-state index in [4.69, 9.17) is 11.6 Å². The average molecular weight is 282 g/mol. The molecule has 0 amide bonds. The Morgan fingerprint density at radius 1 is 1.29 bits per heavy atom. The van der Waals surface area contributed by atoms with Gasteiger partial charge in [-0.05, 0) is 29.1 Å². The van der Waals surface area contributed by atoms with Gasteiger partial charge in [0.2, 0.25) is 0 Å². The Hall–Kier alpha value is -1.17. The molecular formula is C11H8ClN3S2. The van der Waals surface area contributed by atoms with Crippen LogP contribution in [0.4, 0.5) is 0 Å². The molecule has 0 fully saturated rings. The van der Waals surface area contributed by atoms with Crippen LogP contribution in [0.15, 0.2) is 40.2 Å². The molecule has 2 aromatic rings. The van der Waals surface area contributed by atoms with Crippen molar-refractivity contribution in [3.63, 3.8) is 0 Å². The van der Waals surface area contributed by atoms with Crippen LogP contribution in [0.3, 0.4) is 0 Å². The first kappa shape index (κ1) is 11.0. The number of aliphatic imine (C=N–C) groups is 1. The zero-order valence-electron chi connectivity index (χ0n) is 8.63. The van der Waals surface area contributed by atoms with Gasteiger partial charge < -0.3 is 5.32 Å². The number of hydrogen-bond donors (Lipinski definition) is 1. The Kier molecular flexibility index (Phi) is 2.96. The van der Waals surface area contributed by atoms with Gasteiger partial charge >= 0.3 is 0 Å². The van der Waals surface area contributed by atoms with E-state index in [0.717, 1.165) is 15.6 Å². The van der Waals surface area contributed by atoms with Gasteiger partial charge in [-0.15, -0.1) is 22.7 Å². The highest BCUT2D eigenvalue weighted by molar-refractivity contribution is 7.11. The number of halogens is 1. The van der Waals surface area contributed by atoms with Gasteiger partial charge in [0, 0.05) is 11.6 Å². The minimum atomic E-state index is -0.0825. The van der Waals surface area contributed by atoms with Crippen LogP contribution in [-0.2, 0) is 0 Å². The van der Waals surface area contributed by atoms with Gasteiger partial charge in [0.15, 0.2) is 5.29 Å². The van der Waals surface area contributed by atoms with Gasteiger partial charge in [-0.25, -0.2) is 9.98 Å². The summed E-state index contributed by atoms with van der Waals surface area (Å²) in [5.74, 6) is 0. The molecule has 0 saturated carbocycles. The smallest absolute Gasteiger partial charge is 0.196 e. The minimum Gasteiger partial charge on any atom is -0.330 e. The minimum absolute atomic E-state index is 0.0825. The average Bonchev–Trinajstić information content (AvgIpc) is 3.02. The van der Waals surface area contributed by atoms with Crippen LogP contribution in [0.5, 0.6) is 0 Å². The van der Waals surface area contributed by atoms with Gasteiger partial charge in [0.1, 0.15) is 11.0 Å². The van der Waals surface area contributed by atoms with E-state index in [1.807, 2.05) is 16.8 Å². The van der Waals surface area contributed by atoms with Crippen LogP contribution in [0.25, 0.3) is 5.70 Å². The third-order valence-corrected chi connectivity index (χ3v) is 4.25. The molecule has 6 heteroatoms. The summed E-state index contributed by atoms with van der Waals surface area (Å²) in [6.45, 7) is 0. The molecule has 3 heterocycles. The second-order valence-corrected chi connectivity index (χ2v) is 5.65. The van der Waals surface area contributed by atoms with Crippen molar-refractivity contribution < 1.29 is 0 Å². The molecule has 1 unspecified atom stereocenters. The lowest BCUT2D eigenvalue weighted by Gasteiger charge is -2.17. The predicted molar refractivity (Wildman–Crippen MR) is 73.6 cm³/mol. The summed E-state index contributed by atoms with van der Waals surface area (Å²) in [6, 6.07) is 3.99. The number of thiophene rings is 1. The molecule has 1 aliphatic heterocycles. The largest absolute Gasteiger partial charge is 0.330 e. The van der Waals surface area contributed by atoms with Crippen LogP contribution in [0, 0.1) is 0 Å². The molecule has 1 N–H and O–H groups in total. The number of nitrogens with one attached hydrogen (secondary N) is 1. The summed E-state index contributed by atoms with van der Waals surface area (Å²) in [5.41, 5.74) is 1.00. The summed E-state index contributed by atoms with van der Waals surface area (Å²) < 4.78 is 0. The summed E-state index contributed by atoms with van der Waals surface area (Å²) >= 11 is 9.27. The Morgan fingerprint density at radius 2 is 2.24 bits per heavy atom. The van der Waals surface area contributed by atoms with E-state index in [2.05, 4.69) is 27.4 Å². The summed E-state index contributed by atoms with van der Waals surface area (Å²) in [7, 11) is 0. The number of rotatable bonds is 2. The van der Waals surface area contributed by atoms with Gasteiger partial charge in [0.25, 0.3) is 0 Å². The number of amidine groups is 1. The first-order valence-electron chi connectivity index (χ1n) is 4.98. The Morgan fingerprint density at radius 3 is 2.94 bits per heavy atom. The SMILES string of the molecule is ClC1=NC(c2nccs2)C=C(c2cccs2)N1. The maximum Gasteiger partial charge on any atom is 0.196 e. The van der Waals surface area contributed by atoms with Crippen molar-refractivity contribution in [3.05, 3.63) is 45.1 Å². The van der Waals surface area contributed by atoms with E-state index in [-0.39, 0.29) is 6.04 Å². The van der Waals surface area contributed by atoms with Crippen molar-refractivity contribution in [3.8, 4) is 0 Å². The highest BCUT2D eigenvalue weighted by Crippen LogP contribution is 2.29. The molecule has 0 aliphatic carbocycles. The van der Waals surface area contributed by atoms with E-state index in [1.165, 1.54) is 0 Å². The first-order chi connectivity index (χ1) is 8.33. The maximum atomic E-state index is 6.02. The molecule has 86 valence electrons. The topological polar surface area (TPSA) is 37.3 Å². The highest BCUT2D eigenvalue weighted by atomic mass is 35.5. The lowest BCUT2D eigenvalue weighted by molar-refractivity contribution is 0.874. The number of nitrogens with zero attached hydrogens (tertiary/aromatic N) is 2. The van der Waals surface area contributed by atoms with Gasteiger partial charge in [-0.1, -0.05) is 6.07 Å². The lowest BCUT2D eigenvalue weighted by atomic mass is 10.2. The number of thiazole rings is 1. The second kappa shape index (κ2) is 4.60. The third kappa shape index (κ3) is 2.26. The number of aromatic nitrogens is 1. The molecule has 3 rings (SSSR count). The molecule has 0 spiro atoms. The van der Waals surface area contributed by atoms with Crippen LogP contribution in [0.2, 0.25) is 0 Å². The quantitative estimate of drug-likeness (QED) is 0.856. The van der Waals surface area contributed by atoms with Crippen LogP contribution in [0.1, 0.15) is 15.9 Å². The summed E-state index contributed by atoms with van der Waals surface area (Å²) in [6.07, 6.45) is 3.83. The normalized spacial score (nSPS) is 19.5. The maximum absolute atomic E-state index is 6.02. The molecule has 1 aliphatic rings. The van der Waals surface area contributed by atoms with Crippen molar-refractivity contribution in [1.29, 1.82) is 0 Å². The first-order valence-corrected chi connectivity index (χ1v) is 7.12. The molecule has 2 aromatic heterocycles. The molecule has 17 heavy (non-hydrogen) atoms. The van der Waals surface area contributed by atoms with Crippen LogP contribution in [-0.4, -0.2) is 10.3 Å². The van der Waals surface area contributed by atoms with E-state index >= 15 is 0 Å². The van der Waals surface area contributed by atoms with Gasteiger partial charge in [-0.3, -0.25) is 0 Å². The summed E-state index contributed by atoms with van der Waals surface area (Å²) in [5, 5.41) is 8.43. The monoisotopic (exact) mass is 281 g/mol. The molecule has 3 nitrogen and oxygen atoms in total. The molecule has 1 atom stereocenters. The van der Waals surface area contributed by atoms with Crippen LogP contribution < -0.4 is 5.32 Å². The Balaban J connectivity index is 1.97.